The van der Waals surface area contributed by atoms with Crippen molar-refractivity contribution in [2.75, 3.05) is 6.61 Å². The van der Waals surface area contributed by atoms with Crippen LogP contribution in [0, 0.1) is 11.3 Å². The molecule has 1 unspecified atom stereocenters. The Morgan fingerprint density at radius 2 is 2.13 bits per heavy atom. The Morgan fingerprint density at radius 1 is 1.40 bits per heavy atom. The van der Waals surface area contributed by atoms with Crippen molar-refractivity contribution in [3.05, 3.63) is 28.2 Å². The molecule has 0 saturated carbocycles. The third kappa shape index (κ3) is 3.96. The standard InChI is InChI=1S/C10H10Cl2N2O/c11-9-2-1-8(5-10(9)12)15-6-7(14)3-4-13/h1-2,5,7H,3,6,14H2. The first kappa shape index (κ1) is 12.1. The SMILES string of the molecule is N#CCC(N)COc1ccc(Cl)c(Cl)c1. The number of ether oxygens (including phenoxy) is 1. The highest BCUT2D eigenvalue weighted by Crippen LogP contribution is 2.26. The van der Waals surface area contributed by atoms with Crippen LogP contribution in [-0.2, 0) is 0 Å². The molecule has 2 N–H and O–H groups in total. The van der Waals surface area contributed by atoms with Gasteiger partial charge < -0.3 is 10.5 Å². The molecule has 5 heteroatoms. The summed E-state index contributed by atoms with van der Waals surface area (Å²) in [4.78, 5) is 0. The van der Waals surface area contributed by atoms with Gasteiger partial charge in [-0.2, -0.15) is 5.26 Å². The summed E-state index contributed by atoms with van der Waals surface area (Å²) < 4.78 is 5.34. The van der Waals surface area contributed by atoms with Gasteiger partial charge in [0.1, 0.15) is 12.4 Å². The summed E-state index contributed by atoms with van der Waals surface area (Å²) in [5, 5.41) is 9.30. The van der Waals surface area contributed by atoms with Gasteiger partial charge in [0, 0.05) is 6.07 Å². The molecule has 3 nitrogen and oxygen atoms in total. The molecule has 0 heterocycles. The number of nitriles is 1. The largest absolute Gasteiger partial charge is 0.492 e. The van der Waals surface area contributed by atoms with Crippen LogP contribution in [0.4, 0.5) is 0 Å². The molecule has 1 aromatic carbocycles. The van der Waals surface area contributed by atoms with Gasteiger partial charge in [-0.3, -0.25) is 0 Å². The summed E-state index contributed by atoms with van der Waals surface area (Å²) in [6.07, 6.45) is 0.265. The van der Waals surface area contributed by atoms with Crippen LogP contribution in [0.3, 0.4) is 0 Å². The highest BCUT2D eigenvalue weighted by Gasteiger charge is 2.04. The Hall–Kier alpha value is -0.950. The van der Waals surface area contributed by atoms with Crippen LogP contribution in [-0.4, -0.2) is 12.6 Å². The zero-order valence-corrected chi connectivity index (χ0v) is 9.42. The van der Waals surface area contributed by atoms with Gasteiger partial charge in [0.2, 0.25) is 0 Å². The number of hydrogen-bond acceptors (Lipinski definition) is 3. The highest BCUT2D eigenvalue weighted by atomic mass is 35.5. The van der Waals surface area contributed by atoms with E-state index in [1.165, 1.54) is 0 Å². The van der Waals surface area contributed by atoms with E-state index in [0.717, 1.165) is 0 Å². The Labute approximate surface area is 98.3 Å². The van der Waals surface area contributed by atoms with Crippen LogP contribution in [0.15, 0.2) is 18.2 Å². The number of nitrogens with two attached hydrogens (primary N) is 1. The normalized spacial score (nSPS) is 11.9. The first-order valence-electron chi connectivity index (χ1n) is 4.34. The van der Waals surface area contributed by atoms with Crippen LogP contribution in [0.5, 0.6) is 5.75 Å². The van der Waals surface area contributed by atoms with E-state index in [1.807, 2.05) is 6.07 Å². The fourth-order valence-electron chi connectivity index (χ4n) is 0.946. The Kier molecular flexibility index (Phi) is 4.70. The van der Waals surface area contributed by atoms with Crippen molar-refractivity contribution in [2.45, 2.75) is 12.5 Å². The topological polar surface area (TPSA) is 59.0 Å². The summed E-state index contributed by atoms with van der Waals surface area (Å²) in [6.45, 7) is 0.283. The molecule has 1 rings (SSSR count). The molecule has 0 fully saturated rings. The number of benzene rings is 1. The maximum Gasteiger partial charge on any atom is 0.120 e. The van der Waals surface area contributed by atoms with Gasteiger partial charge in [0.25, 0.3) is 0 Å². The molecule has 0 bridgehead atoms. The molecule has 0 aliphatic carbocycles. The van der Waals surface area contributed by atoms with Crippen molar-refractivity contribution in [3.8, 4) is 11.8 Å². The molecule has 1 atom stereocenters. The van der Waals surface area contributed by atoms with Crippen LogP contribution in [0.1, 0.15) is 6.42 Å². The second-order valence-corrected chi connectivity index (χ2v) is 3.82. The van der Waals surface area contributed by atoms with Crippen LogP contribution < -0.4 is 10.5 Å². The molecule has 0 saturated heterocycles. The van der Waals surface area contributed by atoms with E-state index in [1.54, 1.807) is 18.2 Å². The van der Waals surface area contributed by atoms with E-state index in [9.17, 15) is 0 Å². The maximum atomic E-state index is 8.39. The molecule has 0 aliphatic rings. The minimum Gasteiger partial charge on any atom is -0.492 e. The summed E-state index contributed by atoms with van der Waals surface area (Å²) in [5.74, 6) is 0.595. The summed E-state index contributed by atoms with van der Waals surface area (Å²) >= 11 is 11.5. The fraction of sp³-hybridized carbons (Fsp3) is 0.300. The Bertz CT molecular complexity index is 376. The third-order valence-electron chi connectivity index (χ3n) is 1.71. The lowest BCUT2D eigenvalue weighted by Gasteiger charge is -2.10. The monoisotopic (exact) mass is 244 g/mol. The van der Waals surface area contributed by atoms with E-state index >= 15 is 0 Å². The van der Waals surface area contributed by atoms with Gasteiger partial charge in [-0.15, -0.1) is 0 Å². The van der Waals surface area contributed by atoms with Gasteiger partial charge >= 0.3 is 0 Å². The second kappa shape index (κ2) is 5.82. The van der Waals surface area contributed by atoms with Gasteiger partial charge in [-0.25, -0.2) is 0 Å². The maximum absolute atomic E-state index is 8.39. The van der Waals surface area contributed by atoms with Crippen molar-refractivity contribution in [3.63, 3.8) is 0 Å². The van der Waals surface area contributed by atoms with E-state index in [2.05, 4.69) is 0 Å². The van der Waals surface area contributed by atoms with E-state index in [4.69, 9.17) is 38.9 Å². The smallest absolute Gasteiger partial charge is 0.120 e. The lowest BCUT2D eigenvalue weighted by molar-refractivity contribution is 0.290. The molecule has 80 valence electrons. The Balaban J connectivity index is 2.51. The minimum atomic E-state index is -0.288. The lowest BCUT2D eigenvalue weighted by Crippen LogP contribution is -2.27. The summed E-state index contributed by atoms with van der Waals surface area (Å²) in [5.41, 5.74) is 5.59. The molecule has 15 heavy (non-hydrogen) atoms. The van der Waals surface area contributed by atoms with Gasteiger partial charge in [-0.05, 0) is 12.1 Å². The van der Waals surface area contributed by atoms with Crippen molar-refractivity contribution >= 4 is 23.2 Å². The van der Waals surface area contributed by atoms with Crippen molar-refractivity contribution in [1.29, 1.82) is 5.26 Å². The molecule has 0 aliphatic heterocycles. The molecule has 0 amide bonds. The zero-order chi connectivity index (χ0) is 11.3. The van der Waals surface area contributed by atoms with E-state index < -0.39 is 0 Å². The van der Waals surface area contributed by atoms with Crippen molar-refractivity contribution in [2.24, 2.45) is 5.73 Å². The zero-order valence-electron chi connectivity index (χ0n) is 7.91. The predicted molar refractivity (Wildman–Crippen MR) is 60.2 cm³/mol. The Morgan fingerprint density at radius 3 is 2.73 bits per heavy atom. The van der Waals surface area contributed by atoms with Gasteiger partial charge in [-0.1, -0.05) is 23.2 Å². The van der Waals surface area contributed by atoms with Crippen LogP contribution >= 0.6 is 23.2 Å². The highest BCUT2D eigenvalue weighted by molar-refractivity contribution is 6.42. The number of hydrogen-bond donors (Lipinski definition) is 1. The first-order valence-corrected chi connectivity index (χ1v) is 5.09. The quantitative estimate of drug-likeness (QED) is 0.886. The van der Waals surface area contributed by atoms with Crippen LogP contribution in [0.25, 0.3) is 0 Å². The fourth-order valence-corrected chi connectivity index (χ4v) is 1.23. The average molecular weight is 245 g/mol. The molecule has 1 aromatic rings. The summed E-state index contributed by atoms with van der Waals surface area (Å²) in [6, 6.07) is 6.65. The number of halogens is 2. The summed E-state index contributed by atoms with van der Waals surface area (Å²) in [7, 11) is 0. The molecular formula is C10H10Cl2N2O. The van der Waals surface area contributed by atoms with Gasteiger partial charge in [0.15, 0.2) is 0 Å². The predicted octanol–water partition coefficient (Wildman–Crippen LogP) is 2.61. The van der Waals surface area contributed by atoms with E-state index in [-0.39, 0.29) is 19.1 Å². The van der Waals surface area contributed by atoms with Gasteiger partial charge in [0.05, 0.1) is 28.6 Å². The molecule has 0 aromatic heterocycles. The van der Waals surface area contributed by atoms with Crippen molar-refractivity contribution < 1.29 is 4.74 Å². The average Bonchev–Trinajstić information content (AvgIpc) is 2.20. The number of rotatable bonds is 4. The minimum absolute atomic E-state index is 0.265. The van der Waals surface area contributed by atoms with E-state index in [0.29, 0.717) is 15.8 Å². The molecular weight excluding hydrogens is 235 g/mol. The third-order valence-corrected chi connectivity index (χ3v) is 2.45. The first-order chi connectivity index (χ1) is 7.13. The lowest BCUT2D eigenvalue weighted by atomic mass is 10.2. The van der Waals surface area contributed by atoms with Crippen LogP contribution in [0.2, 0.25) is 10.0 Å². The number of nitrogens with zero attached hydrogens (tertiary/aromatic N) is 1. The molecule has 0 radical (unpaired) electrons. The second-order valence-electron chi connectivity index (χ2n) is 3.01. The van der Waals surface area contributed by atoms with Crippen molar-refractivity contribution in [1.82, 2.24) is 0 Å². The molecule has 0 spiro atoms.